The van der Waals surface area contributed by atoms with E-state index in [9.17, 15) is 18.0 Å². The van der Waals surface area contributed by atoms with Crippen LogP contribution in [-0.4, -0.2) is 33.8 Å². The van der Waals surface area contributed by atoms with Crippen LogP contribution in [0.15, 0.2) is 53.1 Å². The first-order valence-corrected chi connectivity index (χ1v) is 10.5. The summed E-state index contributed by atoms with van der Waals surface area (Å²) < 4.78 is 47.8. The number of hydrogen-bond donors (Lipinski definition) is 0. The van der Waals surface area contributed by atoms with Gasteiger partial charge in [0, 0.05) is 17.2 Å². The summed E-state index contributed by atoms with van der Waals surface area (Å²) in [5, 5.41) is 5.21. The number of hydroxylamine groups is 2. The number of halogens is 4. The number of ether oxygens (including phenoxy) is 1. The Morgan fingerprint density at radius 1 is 1.12 bits per heavy atom. The number of nitrogens with zero attached hydrogens (tertiary/aromatic N) is 3. The highest BCUT2D eigenvalue weighted by Gasteiger charge is 2.38. The van der Waals surface area contributed by atoms with Crippen molar-refractivity contribution in [2.24, 2.45) is 0 Å². The summed E-state index contributed by atoms with van der Waals surface area (Å²) in [4.78, 5) is 22.1. The second kappa shape index (κ2) is 9.90. The Balaban J connectivity index is 1.47. The molecule has 0 bridgehead atoms. The van der Waals surface area contributed by atoms with Crippen LogP contribution >= 0.6 is 11.6 Å². The van der Waals surface area contributed by atoms with Crippen LogP contribution in [0.25, 0.3) is 11.4 Å². The summed E-state index contributed by atoms with van der Waals surface area (Å²) in [6.07, 6.45) is -3.89. The fourth-order valence-corrected chi connectivity index (χ4v) is 3.36. The van der Waals surface area contributed by atoms with Crippen LogP contribution < -0.4 is 0 Å². The Labute approximate surface area is 192 Å². The third-order valence-corrected chi connectivity index (χ3v) is 5.21. The highest BCUT2D eigenvalue weighted by Crippen LogP contribution is 2.29. The van der Waals surface area contributed by atoms with E-state index in [4.69, 9.17) is 21.2 Å². The summed E-state index contributed by atoms with van der Waals surface area (Å²) in [6, 6.07) is 13.5. The fourth-order valence-electron chi connectivity index (χ4n) is 3.23. The van der Waals surface area contributed by atoms with Crippen molar-refractivity contribution in [1.29, 1.82) is 0 Å². The molecule has 33 heavy (non-hydrogen) atoms. The van der Waals surface area contributed by atoms with Crippen molar-refractivity contribution in [3.05, 3.63) is 70.6 Å². The largest absolute Gasteiger partial charge is 0.471 e. The predicted octanol–water partition coefficient (Wildman–Crippen LogP) is 5.05. The molecule has 1 saturated heterocycles. The summed E-state index contributed by atoms with van der Waals surface area (Å²) in [5.41, 5.74) is 1.87. The van der Waals surface area contributed by atoms with Gasteiger partial charge in [-0.3, -0.25) is 9.63 Å². The van der Waals surface area contributed by atoms with E-state index in [0.717, 1.165) is 12.0 Å². The fraction of sp³-hybridized carbons (Fsp3) is 0.318. The van der Waals surface area contributed by atoms with Gasteiger partial charge in [-0.1, -0.05) is 53.2 Å². The maximum Gasteiger partial charge on any atom is 0.471 e. The Hall–Kier alpha value is -2.95. The number of rotatable bonds is 7. The van der Waals surface area contributed by atoms with Gasteiger partial charge in [0.2, 0.25) is 5.82 Å². The molecule has 0 aliphatic carbocycles. The number of alkyl halides is 3. The number of amides is 1. The first-order chi connectivity index (χ1) is 15.8. The van der Waals surface area contributed by atoms with Gasteiger partial charge in [0.15, 0.2) is 0 Å². The zero-order valence-corrected chi connectivity index (χ0v) is 18.0. The van der Waals surface area contributed by atoms with E-state index in [-0.39, 0.29) is 24.9 Å². The highest BCUT2D eigenvalue weighted by atomic mass is 35.5. The molecule has 0 saturated carbocycles. The van der Waals surface area contributed by atoms with Crippen molar-refractivity contribution in [3.63, 3.8) is 0 Å². The quantitative estimate of drug-likeness (QED) is 0.440. The van der Waals surface area contributed by atoms with Crippen LogP contribution in [0.3, 0.4) is 0 Å². The number of carbonyl (C=O) groups excluding carboxylic acids is 1. The van der Waals surface area contributed by atoms with Crippen molar-refractivity contribution in [2.45, 2.75) is 38.3 Å². The molecule has 4 rings (SSSR count). The van der Waals surface area contributed by atoms with E-state index in [1.807, 2.05) is 0 Å². The van der Waals surface area contributed by atoms with Crippen molar-refractivity contribution in [3.8, 4) is 11.4 Å². The smallest absolute Gasteiger partial charge is 0.368 e. The molecule has 11 heteroatoms. The van der Waals surface area contributed by atoms with Crippen molar-refractivity contribution in [1.82, 2.24) is 15.2 Å². The Kier molecular flexibility index (Phi) is 6.96. The Morgan fingerprint density at radius 2 is 1.82 bits per heavy atom. The van der Waals surface area contributed by atoms with E-state index in [2.05, 4.69) is 14.7 Å². The molecule has 1 fully saturated rings. The first-order valence-electron chi connectivity index (χ1n) is 10.1. The molecule has 0 spiro atoms. The summed E-state index contributed by atoms with van der Waals surface area (Å²) in [6.45, 7) is 0.782. The topological polar surface area (TPSA) is 77.7 Å². The van der Waals surface area contributed by atoms with Crippen LogP contribution in [0.1, 0.15) is 29.9 Å². The molecule has 1 unspecified atom stereocenters. The van der Waals surface area contributed by atoms with Gasteiger partial charge in [0.25, 0.3) is 5.91 Å². The number of hydrogen-bond acceptors (Lipinski definition) is 6. The second-order valence-corrected chi connectivity index (χ2v) is 7.83. The van der Waals surface area contributed by atoms with Gasteiger partial charge >= 0.3 is 12.1 Å². The average molecular weight is 482 g/mol. The van der Waals surface area contributed by atoms with E-state index in [1.165, 1.54) is 5.06 Å². The molecular weight excluding hydrogens is 463 g/mol. The minimum Gasteiger partial charge on any atom is -0.368 e. The summed E-state index contributed by atoms with van der Waals surface area (Å²) in [5.74, 6) is -1.89. The van der Waals surface area contributed by atoms with Crippen molar-refractivity contribution < 1.29 is 32.1 Å². The number of aromatic nitrogens is 2. The van der Waals surface area contributed by atoms with Gasteiger partial charge < -0.3 is 9.26 Å². The first kappa shape index (κ1) is 23.2. The monoisotopic (exact) mass is 481 g/mol. The summed E-state index contributed by atoms with van der Waals surface area (Å²) in [7, 11) is 0. The Bertz CT molecular complexity index is 1080. The van der Waals surface area contributed by atoms with Gasteiger partial charge in [0.1, 0.15) is 12.7 Å². The van der Waals surface area contributed by atoms with Crippen LogP contribution in [0.5, 0.6) is 0 Å². The van der Waals surface area contributed by atoms with Crippen LogP contribution in [-0.2, 0) is 33.7 Å². The molecule has 1 aromatic heterocycles. The van der Waals surface area contributed by atoms with Crippen LogP contribution in [0, 0.1) is 0 Å². The van der Waals surface area contributed by atoms with Gasteiger partial charge in [-0.05, 0) is 36.1 Å². The molecule has 2 heterocycles. The zero-order valence-electron chi connectivity index (χ0n) is 17.2. The molecule has 1 aliphatic heterocycles. The molecule has 1 aliphatic rings. The lowest BCUT2D eigenvalue weighted by Gasteiger charge is -2.24. The molecule has 1 atom stereocenters. The van der Waals surface area contributed by atoms with E-state index in [1.54, 1.807) is 48.5 Å². The molecule has 0 radical (unpaired) electrons. The lowest BCUT2D eigenvalue weighted by atomic mass is 10.1. The molecule has 7 nitrogen and oxygen atoms in total. The van der Waals surface area contributed by atoms with E-state index in [0.29, 0.717) is 29.2 Å². The standard InChI is InChI=1S/C22H19ClF3N3O4/c23-17-9-5-15(6-10-17)13-32-29(20(30)18-2-1-11-31-18)12-14-3-7-16(8-4-14)19-27-21(33-28-19)22(24,25)26/h3-10,18H,1-2,11-13H2. The maximum atomic E-state index is 12.9. The number of carbonyl (C=O) groups is 1. The molecule has 2 aromatic carbocycles. The molecule has 0 N–H and O–H groups in total. The van der Waals surface area contributed by atoms with Crippen molar-refractivity contribution in [2.75, 3.05) is 6.61 Å². The SMILES string of the molecule is O=C(C1CCCO1)N(Cc1ccc(-c2noc(C(F)(F)F)n2)cc1)OCc1ccc(Cl)cc1. The minimum atomic E-state index is -4.71. The lowest BCUT2D eigenvalue weighted by molar-refractivity contribution is -0.204. The molecular formula is C22H19ClF3N3O4. The van der Waals surface area contributed by atoms with Crippen molar-refractivity contribution >= 4 is 17.5 Å². The van der Waals surface area contributed by atoms with E-state index >= 15 is 0 Å². The molecule has 3 aromatic rings. The third kappa shape index (κ3) is 5.89. The van der Waals surface area contributed by atoms with Crippen LogP contribution in [0.4, 0.5) is 13.2 Å². The predicted molar refractivity (Wildman–Crippen MR) is 111 cm³/mol. The zero-order chi connectivity index (χ0) is 23.4. The van der Waals surface area contributed by atoms with Crippen LogP contribution in [0.2, 0.25) is 5.02 Å². The molecule has 174 valence electrons. The Morgan fingerprint density at radius 3 is 2.42 bits per heavy atom. The van der Waals surface area contributed by atoms with Gasteiger partial charge in [-0.25, -0.2) is 5.06 Å². The lowest BCUT2D eigenvalue weighted by Crippen LogP contribution is -2.38. The maximum absolute atomic E-state index is 12.9. The third-order valence-electron chi connectivity index (χ3n) is 4.96. The van der Waals surface area contributed by atoms with Gasteiger partial charge in [0.05, 0.1) is 6.54 Å². The summed E-state index contributed by atoms with van der Waals surface area (Å²) >= 11 is 5.91. The highest BCUT2D eigenvalue weighted by molar-refractivity contribution is 6.30. The average Bonchev–Trinajstić information content (AvgIpc) is 3.50. The van der Waals surface area contributed by atoms with Gasteiger partial charge in [-0.2, -0.15) is 18.2 Å². The normalized spacial score (nSPS) is 16.2. The number of benzene rings is 2. The van der Waals surface area contributed by atoms with Gasteiger partial charge in [-0.15, -0.1) is 0 Å². The second-order valence-electron chi connectivity index (χ2n) is 7.39. The minimum absolute atomic E-state index is 0.118. The van der Waals surface area contributed by atoms with E-state index < -0.39 is 18.2 Å². The molecule has 1 amide bonds.